The van der Waals surface area contributed by atoms with E-state index in [4.69, 9.17) is 0 Å². The number of hydrogen-bond acceptors (Lipinski definition) is 0. The van der Waals surface area contributed by atoms with Crippen molar-refractivity contribution in [3.8, 4) is 0 Å². The van der Waals surface area contributed by atoms with E-state index in [1.807, 2.05) is 0 Å². The minimum atomic E-state index is 0.951. The molecule has 1 radical (unpaired) electrons. The van der Waals surface area contributed by atoms with Gasteiger partial charge in [0.05, 0.1) is 0 Å². The highest BCUT2D eigenvalue weighted by Gasteiger charge is 2.01. The Morgan fingerprint density at radius 1 is 1.09 bits per heavy atom. The van der Waals surface area contributed by atoms with Gasteiger partial charge in [-0.25, -0.2) is 0 Å². The molecule has 0 nitrogen and oxygen atoms in total. The first-order valence-electron chi connectivity index (χ1n) is 5.16. The molecule has 0 heterocycles. The lowest BCUT2D eigenvalue weighted by Crippen LogP contribution is -1.96. The van der Waals surface area contributed by atoms with Crippen molar-refractivity contribution in [3.05, 3.63) is 6.42 Å². The Kier molecular flexibility index (Phi) is 8.10. The van der Waals surface area contributed by atoms with Gasteiger partial charge in [-0.2, -0.15) is 0 Å². The average Bonchev–Trinajstić information content (AvgIpc) is 2.05. The molecule has 0 aliphatic carbocycles. The van der Waals surface area contributed by atoms with Gasteiger partial charge in [0.2, 0.25) is 0 Å². The fourth-order valence-electron chi connectivity index (χ4n) is 1.32. The van der Waals surface area contributed by atoms with Crippen molar-refractivity contribution in [2.45, 2.75) is 59.3 Å². The summed E-state index contributed by atoms with van der Waals surface area (Å²) in [6.45, 7) is 6.84. The monoisotopic (exact) mass is 155 g/mol. The summed E-state index contributed by atoms with van der Waals surface area (Å²) in [4.78, 5) is 0. The molecule has 0 N–H and O–H groups in total. The van der Waals surface area contributed by atoms with Crippen molar-refractivity contribution in [2.24, 2.45) is 5.92 Å². The molecule has 0 atom stereocenters. The van der Waals surface area contributed by atoms with Gasteiger partial charge in [0.1, 0.15) is 0 Å². The van der Waals surface area contributed by atoms with Gasteiger partial charge in [0.25, 0.3) is 0 Å². The smallest absolute Gasteiger partial charge is 0.0383 e. The molecule has 0 heteroatoms. The SMILES string of the molecule is CCCC[CH]CC(CC)CC. The summed E-state index contributed by atoms with van der Waals surface area (Å²) in [5.74, 6) is 0.951. The molecule has 0 aromatic carbocycles. The summed E-state index contributed by atoms with van der Waals surface area (Å²) in [5.41, 5.74) is 0. The van der Waals surface area contributed by atoms with E-state index >= 15 is 0 Å². The van der Waals surface area contributed by atoms with Crippen LogP contribution in [0, 0.1) is 12.3 Å². The van der Waals surface area contributed by atoms with Crippen LogP contribution in [0.3, 0.4) is 0 Å². The third kappa shape index (κ3) is 6.40. The summed E-state index contributed by atoms with van der Waals surface area (Å²) < 4.78 is 0. The van der Waals surface area contributed by atoms with Crippen LogP contribution >= 0.6 is 0 Å². The van der Waals surface area contributed by atoms with Crippen LogP contribution in [-0.4, -0.2) is 0 Å². The maximum Gasteiger partial charge on any atom is -0.0383 e. The molecule has 0 amide bonds. The lowest BCUT2D eigenvalue weighted by atomic mass is 9.96. The van der Waals surface area contributed by atoms with Crippen LogP contribution in [0.1, 0.15) is 59.3 Å². The second-order valence-corrected chi connectivity index (χ2v) is 3.35. The zero-order valence-corrected chi connectivity index (χ0v) is 8.40. The van der Waals surface area contributed by atoms with Gasteiger partial charge < -0.3 is 0 Å². The molecule has 0 bridgehead atoms. The highest BCUT2D eigenvalue weighted by molar-refractivity contribution is 4.69. The Morgan fingerprint density at radius 2 is 1.73 bits per heavy atom. The van der Waals surface area contributed by atoms with Crippen molar-refractivity contribution in [1.82, 2.24) is 0 Å². The van der Waals surface area contributed by atoms with Gasteiger partial charge in [0.15, 0.2) is 0 Å². The van der Waals surface area contributed by atoms with E-state index in [2.05, 4.69) is 27.2 Å². The van der Waals surface area contributed by atoms with Gasteiger partial charge >= 0.3 is 0 Å². The first-order valence-corrected chi connectivity index (χ1v) is 5.16. The van der Waals surface area contributed by atoms with Gasteiger partial charge in [-0.1, -0.05) is 52.9 Å². The summed E-state index contributed by atoms with van der Waals surface area (Å²) in [7, 11) is 0. The third-order valence-corrected chi connectivity index (χ3v) is 2.42. The van der Waals surface area contributed by atoms with E-state index in [9.17, 15) is 0 Å². The van der Waals surface area contributed by atoms with Gasteiger partial charge in [-0.15, -0.1) is 0 Å². The highest BCUT2D eigenvalue weighted by Crippen LogP contribution is 2.15. The molecule has 0 rings (SSSR count). The molecule has 67 valence electrons. The van der Waals surface area contributed by atoms with Crippen LogP contribution in [0.15, 0.2) is 0 Å². The normalized spacial score (nSPS) is 10.9. The number of hydrogen-bond donors (Lipinski definition) is 0. The Labute approximate surface area is 72.4 Å². The molecule has 0 aliphatic rings. The lowest BCUT2D eigenvalue weighted by molar-refractivity contribution is 0.476. The predicted molar refractivity (Wildman–Crippen MR) is 52.5 cm³/mol. The first kappa shape index (κ1) is 11.0. The molecule has 0 aliphatic heterocycles. The van der Waals surface area contributed by atoms with Crippen LogP contribution < -0.4 is 0 Å². The standard InChI is InChI=1S/C11H23/c1-4-7-8-9-10-11(5-2)6-3/h9,11H,4-8,10H2,1-3H3. The Morgan fingerprint density at radius 3 is 2.18 bits per heavy atom. The molecule has 0 aromatic rings. The minimum absolute atomic E-state index is 0.951. The molecular weight excluding hydrogens is 132 g/mol. The number of unbranched alkanes of at least 4 members (excludes halogenated alkanes) is 3. The van der Waals surface area contributed by atoms with E-state index in [-0.39, 0.29) is 0 Å². The van der Waals surface area contributed by atoms with Crippen molar-refractivity contribution >= 4 is 0 Å². The van der Waals surface area contributed by atoms with Crippen LogP contribution in [0.25, 0.3) is 0 Å². The van der Waals surface area contributed by atoms with Crippen LogP contribution in [0.4, 0.5) is 0 Å². The third-order valence-electron chi connectivity index (χ3n) is 2.42. The Balaban J connectivity index is 3.07. The van der Waals surface area contributed by atoms with E-state index in [0.29, 0.717) is 0 Å². The Hall–Kier alpha value is 0. The quantitative estimate of drug-likeness (QED) is 0.483. The highest BCUT2D eigenvalue weighted by atomic mass is 14.1. The zero-order valence-electron chi connectivity index (χ0n) is 8.40. The zero-order chi connectivity index (χ0) is 8.53. The maximum absolute atomic E-state index is 2.47. The summed E-state index contributed by atoms with van der Waals surface area (Å²) >= 11 is 0. The topological polar surface area (TPSA) is 0 Å². The number of rotatable bonds is 7. The molecule has 0 aromatic heterocycles. The Bertz CT molecular complexity index is 62.4. The van der Waals surface area contributed by atoms with Crippen molar-refractivity contribution < 1.29 is 0 Å². The van der Waals surface area contributed by atoms with Crippen LogP contribution in [0.5, 0.6) is 0 Å². The van der Waals surface area contributed by atoms with E-state index < -0.39 is 0 Å². The van der Waals surface area contributed by atoms with E-state index in [1.54, 1.807) is 0 Å². The van der Waals surface area contributed by atoms with Crippen molar-refractivity contribution in [2.75, 3.05) is 0 Å². The van der Waals surface area contributed by atoms with Crippen molar-refractivity contribution in [3.63, 3.8) is 0 Å². The second kappa shape index (κ2) is 8.10. The molecule has 0 spiro atoms. The summed E-state index contributed by atoms with van der Waals surface area (Å²) in [5, 5.41) is 0. The van der Waals surface area contributed by atoms with Gasteiger partial charge in [-0.05, 0) is 18.8 Å². The molecule has 11 heavy (non-hydrogen) atoms. The first-order chi connectivity index (χ1) is 5.35. The maximum atomic E-state index is 2.47. The van der Waals surface area contributed by atoms with Gasteiger partial charge in [0, 0.05) is 0 Å². The van der Waals surface area contributed by atoms with E-state index in [1.165, 1.54) is 38.5 Å². The van der Waals surface area contributed by atoms with E-state index in [0.717, 1.165) is 5.92 Å². The molecule has 0 saturated heterocycles. The fraction of sp³-hybridized carbons (Fsp3) is 0.909. The van der Waals surface area contributed by atoms with Gasteiger partial charge in [-0.3, -0.25) is 0 Å². The second-order valence-electron chi connectivity index (χ2n) is 3.35. The fourth-order valence-corrected chi connectivity index (χ4v) is 1.32. The lowest BCUT2D eigenvalue weighted by Gasteiger charge is -2.10. The molecule has 0 saturated carbocycles. The largest absolute Gasteiger partial charge is 0.0654 e. The average molecular weight is 155 g/mol. The molecule has 0 unspecified atom stereocenters. The predicted octanol–water partition coefficient (Wildman–Crippen LogP) is 4.21. The summed E-state index contributed by atoms with van der Waals surface area (Å²) in [6, 6.07) is 0. The van der Waals surface area contributed by atoms with Crippen LogP contribution in [-0.2, 0) is 0 Å². The van der Waals surface area contributed by atoms with Crippen LogP contribution in [0.2, 0.25) is 0 Å². The molecule has 0 fully saturated rings. The summed E-state index contributed by atoms with van der Waals surface area (Å²) in [6.07, 6.45) is 10.5. The molecular formula is C11H23. The van der Waals surface area contributed by atoms with Crippen molar-refractivity contribution in [1.29, 1.82) is 0 Å². The minimum Gasteiger partial charge on any atom is -0.0654 e.